The average Bonchev–Trinajstić information content (AvgIpc) is 2.91. The van der Waals surface area contributed by atoms with Gasteiger partial charge in [0.05, 0.1) is 12.7 Å². The molecule has 0 aromatic heterocycles. The number of rotatable bonds is 6. The molecule has 0 bridgehead atoms. The molecule has 1 saturated carbocycles. The van der Waals surface area contributed by atoms with Crippen molar-refractivity contribution in [2.24, 2.45) is 11.8 Å². The first-order chi connectivity index (χ1) is 17.9. The van der Waals surface area contributed by atoms with E-state index in [0.717, 1.165) is 35.0 Å². The maximum atomic E-state index is 12.6. The number of amides is 1. The first kappa shape index (κ1) is 25.6. The van der Waals surface area contributed by atoms with E-state index in [1.54, 1.807) is 12.1 Å². The Kier molecular flexibility index (Phi) is 7.73. The molecule has 7 heteroatoms. The molecule has 1 aliphatic carbocycles. The maximum Gasteiger partial charge on any atom is 0.337 e. The van der Waals surface area contributed by atoms with Gasteiger partial charge >= 0.3 is 5.97 Å². The van der Waals surface area contributed by atoms with E-state index in [4.69, 9.17) is 27.9 Å². The van der Waals surface area contributed by atoms with Crippen molar-refractivity contribution in [2.75, 3.05) is 12.4 Å². The summed E-state index contributed by atoms with van der Waals surface area (Å²) >= 11 is 12.4. The highest BCUT2D eigenvalue weighted by atomic mass is 35.5. The van der Waals surface area contributed by atoms with E-state index >= 15 is 0 Å². The molecule has 37 heavy (non-hydrogen) atoms. The van der Waals surface area contributed by atoms with Crippen LogP contribution in [0.2, 0.25) is 10.0 Å². The number of anilines is 1. The predicted octanol–water partition coefficient (Wildman–Crippen LogP) is 6.70. The van der Waals surface area contributed by atoms with E-state index in [2.05, 4.69) is 34.9 Å². The van der Waals surface area contributed by atoms with E-state index in [9.17, 15) is 9.59 Å². The smallest absolute Gasteiger partial charge is 0.337 e. The van der Waals surface area contributed by atoms with E-state index < -0.39 is 0 Å². The largest absolute Gasteiger partial charge is 0.465 e. The first-order valence-corrected chi connectivity index (χ1v) is 13.4. The second-order valence-electron chi connectivity index (χ2n) is 10.0. The summed E-state index contributed by atoms with van der Waals surface area (Å²) in [4.78, 5) is 24.4. The minimum Gasteiger partial charge on any atom is -0.465 e. The van der Waals surface area contributed by atoms with Crippen molar-refractivity contribution in [3.8, 4) is 0 Å². The van der Waals surface area contributed by atoms with Crippen LogP contribution in [0.25, 0.3) is 0 Å². The van der Waals surface area contributed by atoms with Crippen molar-refractivity contribution >= 4 is 40.8 Å². The number of fused-ring (bicyclic) bond motifs is 1. The number of nitrogens with one attached hydrogen (secondary N) is 2. The zero-order valence-corrected chi connectivity index (χ0v) is 22.1. The lowest BCUT2D eigenvalue weighted by atomic mass is 9.65. The number of carbonyl (C=O) groups excluding carboxylic acids is 2. The Morgan fingerprint density at radius 3 is 2.08 bits per heavy atom. The molecule has 1 heterocycles. The van der Waals surface area contributed by atoms with E-state index in [1.165, 1.54) is 18.2 Å². The Morgan fingerprint density at radius 1 is 0.919 bits per heavy atom. The van der Waals surface area contributed by atoms with Crippen LogP contribution in [0.3, 0.4) is 0 Å². The van der Waals surface area contributed by atoms with Crippen LogP contribution in [0.4, 0.5) is 5.69 Å². The van der Waals surface area contributed by atoms with E-state index in [-0.39, 0.29) is 35.8 Å². The third-order valence-corrected chi connectivity index (χ3v) is 8.30. The third-order valence-electron chi connectivity index (χ3n) is 7.80. The summed E-state index contributed by atoms with van der Waals surface area (Å²) in [5, 5.41) is 8.29. The van der Waals surface area contributed by atoms with Crippen molar-refractivity contribution in [3.63, 3.8) is 0 Å². The molecule has 2 aliphatic rings. The van der Waals surface area contributed by atoms with Gasteiger partial charge in [0.15, 0.2) is 0 Å². The Balaban J connectivity index is 1.41. The van der Waals surface area contributed by atoms with E-state index in [0.29, 0.717) is 17.9 Å². The third kappa shape index (κ3) is 5.78. The molecule has 0 radical (unpaired) electrons. The van der Waals surface area contributed by atoms with Gasteiger partial charge in [-0.15, -0.1) is 0 Å². The molecule has 4 unspecified atom stereocenters. The molecule has 3 aromatic carbocycles. The van der Waals surface area contributed by atoms with Gasteiger partial charge in [-0.2, -0.15) is 0 Å². The number of benzene rings is 3. The molecule has 5 rings (SSSR count). The molecule has 192 valence electrons. The van der Waals surface area contributed by atoms with Crippen molar-refractivity contribution in [1.82, 2.24) is 5.32 Å². The molecule has 1 aliphatic heterocycles. The standard InChI is InChI=1S/C30H30Cl2N2O3/c1-37-30(36)20-6-13-24(14-7-20)33-27-17-28(35)34-26-15-8-21(16-25(26)27)29(18-2-9-22(31)10-3-18)19-4-11-23(32)12-5-19/h2-7,9-14,21,25-27,29,33H,8,15-17H2,1H3,(H,34,35). The molecule has 2 N–H and O–H groups in total. The zero-order valence-electron chi connectivity index (χ0n) is 20.6. The van der Waals surface area contributed by atoms with Crippen molar-refractivity contribution in [2.45, 2.75) is 43.7 Å². The number of esters is 1. The SMILES string of the molecule is COC(=O)c1ccc(NC2CC(=O)NC3CCC(C(c4ccc(Cl)cc4)c4ccc(Cl)cc4)CC32)cc1. The molecule has 5 nitrogen and oxygen atoms in total. The lowest BCUT2D eigenvalue weighted by molar-refractivity contribution is -0.125. The van der Waals surface area contributed by atoms with Crippen LogP contribution in [-0.4, -0.2) is 31.1 Å². The van der Waals surface area contributed by atoms with Crippen molar-refractivity contribution in [3.05, 3.63) is 99.5 Å². The first-order valence-electron chi connectivity index (χ1n) is 12.7. The van der Waals surface area contributed by atoms with Crippen LogP contribution in [0.15, 0.2) is 72.8 Å². The van der Waals surface area contributed by atoms with Gasteiger partial charge < -0.3 is 15.4 Å². The van der Waals surface area contributed by atoms with Crippen LogP contribution in [-0.2, 0) is 9.53 Å². The molecule has 0 spiro atoms. The lowest BCUT2D eigenvalue weighted by Gasteiger charge is -2.46. The van der Waals surface area contributed by atoms with Crippen LogP contribution in [0.1, 0.15) is 53.1 Å². The average molecular weight is 537 g/mol. The summed E-state index contributed by atoms with van der Waals surface area (Å²) in [7, 11) is 1.37. The monoisotopic (exact) mass is 536 g/mol. The van der Waals surface area contributed by atoms with Gasteiger partial charge in [-0.1, -0.05) is 47.5 Å². The summed E-state index contributed by atoms with van der Waals surface area (Å²) in [6.07, 6.45) is 3.33. The van der Waals surface area contributed by atoms with Gasteiger partial charge in [-0.25, -0.2) is 4.79 Å². The highest BCUT2D eigenvalue weighted by Gasteiger charge is 2.43. The number of carbonyl (C=O) groups is 2. The second-order valence-corrected chi connectivity index (χ2v) is 10.9. The number of ether oxygens (including phenoxy) is 1. The fourth-order valence-corrected chi connectivity index (χ4v) is 6.30. The van der Waals surface area contributed by atoms with Gasteiger partial charge in [-0.05, 0) is 84.8 Å². The molecule has 1 amide bonds. The number of hydrogen-bond acceptors (Lipinski definition) is 4. The van der Waals surface area contributed by atoms with Gasteiger partial charge in [0.2, 0.25) is 5.91 Å². The molecule has 1 saturated heterocycles. The van der Waals surface area contributed by atoms with Crippen LogP contribution in [0.5, 0.6) is 0 Å². The molecular weight excluding hydrogens is 507 g/mol. The second kappa shape index (κ2) is 11.2. The van der Waals surface area contributed by atoms with Crippen LogP contribution in [0, 0.1) is 11.8 Å². The normalized spacial score (nSPS) is 23.2. The Morgan fingerprint density at radius 2 is 1.51 bits per heavy atom. The topological polar surface area (TPSA) is 67.4 Å². The molecular formula is C30H30Cl2N2O3. The van der Waals surface area contributed by atoms with Crippen LogP contribution < -0.4 is 10.6 Å². The minimum absolute atomic E-state index is 0.00149. The minimum atomic E-state index is -0.366. The Hall–Kier alpha value is -3.02. The summed E-state index contributed by atoms with van der Waals surface area (Å²) in [6, 6.07) is 23.7. The van der Waals surface area contributed by atoms with Gasteiger partial charge in [-0.3, -0.25) is 4.79 Å². The zero-order chi connectivity index (χ0) is 25.9. The summed E-state index contributed by atoms with van der Waals surface area (Å²) in [5.41, 5.74) is 3.86. The van der Waals surface area contributed by atoms with Gasteiger partial charge in [0, 0.05) is 46.1 Å². The van der Waals surface area contributed by atoms with Crippen molar-refractivity contribution < 1.29 is 14.3 Å². The lowest BCUT2D eigenvalue weighted by Crippen LogP contribution is -2.56. The Labute approximate surface area is 227 Å². The maximum absolute atomic E-state index is 12.6. The number of methoxy groups -OCH3 is 1. The highest BCUT2D eigenvalue weighted by molar-refractivity contribution is 6.30. The molecule has 3 aromatic rings. The summed E-state index contributed by atoms with van der Waals surface area (Å²) < 4.78 is 4.80. The fraction of sp³-hybridized carbons (Fsp3) is 0.333. The van der Waals surface area contributed by atoms with Gasteiger partial charge in [0.25, 0.3) is 0 Å². The summed E-state index contributed by atoms with van der Waals surface area (Å²) in [6.45, 7) is 0. The van der Waals surface area contributed by atoms with E-state index in [1.807, 2.05) is 36.4 Å². The van der Waals surface area contributed by atoms with Gasteiger partial charge in [0.1, 0.15) is 0 Å². The highest BCUT2D eigenvalue weighted by Crippen LogP contribution is 2.45. The Bertz CT molecular complexity index is 1200. The van der Waals surface area contributed by atoms with Crippen molar-refractivity contribution in [1.29, 1.82) is 0 Å². The number of piperidine rings is 1. The van der Waals surface area contributed by atoms with Crippen LogP contribution >= 0.6 is 23.2 Å². The molecule has 4 atom stereocenters. The number of hydrogen-bond donors (Lipinski definition) is 2. The predicted molar refractivity (Wildman–Crippen MR) is 147 cm³/mol. The number of halogens is 2. The fourth-order valence-electron chi connectivity index (χ4n) is 6.05. The quantitative estimate of drug-likeness (QED) is 0.344. The molecule has 2 fully saturated rings. The summed E-state index contributed by atoms with van der Waals surface area (Å²) in [5.74, 6) is 0.584.